The quantitative estimate of drug-likeness (QED) is 0.913. The molecule has 0 bridgehead atoms. The van der Waals surface area contributed by atoms with Gasteiger partial charge < -0.3 is 5.32 Å². The summed E-state index contributed by atoms with van der Waals surface area (Å²) in [4.78, 5) is 0.224. The molecule has 116 valence electrons. The van der Waals surface area contributed by atoms with Crippen molar-refractivity contribution in [1.29, 1.82) is 0 Å². The van der Waals surface area contributed by atoms with Gasteiger partial charge in [-0.1, -0.05) is 23.2 Å². The van der Waals surface area contributed by atoms with Gasteiger partial charge in [0.1, 0.15) is 0 Å². The van der Waals surface area contributed by atoms with Gasteiger partial charge >= 0.3 is 0 Å². The van der Waals surface area contributed by atoms with E-state index in [0.29, 0.717) is 11.6 Å². The van der Waals surface area contributed by atoms with Gasteiger partial charge in [0.15, 0.2) is 0 Å². The summed E-state index contributed by atoms with van der Waals surface area (Å²) in [6.07, 6.45) is 3.97. The number of hydrogen-bond acceptors (Lipinski definition) is 3. The normalized spacial score (nSPS) is 27.3. The minimum Gasteiger partial charge on any atom is -0.312 e. The van der Waals surface area contributed by atoms with E-state index in [9.17, 15) is 8.42 Å². The van der Waals surface area contributed by atoms with E-state index in [4.69, 9.17) is 23.2 Å². The van der Waals surface area contributed by atoms with Crippen LogP contribution in [0.1, 0.15) is 25.7 Å². The molecule has 2 unspecified atom stereocenters. The Morgan fingerprint density at radius 1 is 1.14 bits per heavy atom. The molecule has 0 spiro atoms. The fraction of sp³-hybridized carbons (Fsp3) is 0.571. The van der Waals surface area contributed by atoms with Crippen LogP contribution in [0.4, 0.5) is 0 Å². The second kappa shape index (κ2) is 6.05. The monoisotopic (exact) mass is 348 g/mol. The van der Waals surface area contributed by atoms with Crippen molar-refractivity contribution in [1.82, 2.24) is 9.62 Å². The molecule has 2 aliphatic rings. The van der Waals surface area contributed by atoms with Crippen LogP contribution in [0.3, 0.4) is 0 Å². The molecule has 0 radical (unpaired) electrons. The Balaban J connectivity index is 1.91. The molecule has 2 fully saturated rings. The molecule has 0 aromatic heterocycles. The Labute approximate surface area is 135 Å². The van der Waals surface area contributed by atoms with Crippen LogP contribution in [0.25, 0.3) is 0 Å². The highest BCUT2D eigenvalue weighted by molar-refractivity contribution is 7.89. The zero-order chi connectivity index (χ0) is 15.0. The molecule has 3 rings (SSSR count). The first-order valence-corrected chi connectivity index (χ1v) is 9.40. The minimum absolute atomic E-state index is 0.0481. The number of nitrogens with one attached hydrogen (secondary N) is 1. The van der Waals surface area contributed by atoms with E-state index in [-0.39, 0.29) is 22.0 Å². The summed E-state index contributed by atoms with van der Waals surface area (Å²) in [5, 5.41) is 4.06. The van der Waals surface area contributed by atoms with Gasteiger partial charge in [-0.25, -0.2) is 8.42 Å². The van der Waals surface area contributed by atoms with Gasteiger partial charge in [-0.05, 0) is 50.4 Å². The molecule has 4 nitrogen and oxygen atoms in total. The predicted molar refractivity (Wildman–Crippen MR) is 84.4 cm³/mol. The van der Waals surface area contributed by atoms with Crippen molar-refractivity contribution in [2.75, 3.05) is 13.1 Å². The Morgan fingerprint density at radius 2 is 1.95 bits per heavy atom. The minimum atomic E-state index is -3.51. The van der Waals surface area contributed by atoms with Crippen LogP contribution in [-0.2, 0) is 10.0 Å². The molecular weight excluding hydrogens is 331 g/mol. The van der Waals surface area contributed by atoms with Crippen LogP contribution in [0.5, 0.6) is 0 Å². The van der Waals surface area contributed by atoms with Crippen molar-refractivity contribution in [3.05, 3.63) is 28.2 Å². The van der Waals surface area contributed by atoms with Crippen molar-refractivity contribution in [3.8, 4) is 0 Å². The predicted octanol–water partition coefficient (Wildman–Crippen LogP) is 2.90. The second-order valence-electron chi connectivity index (χ2n) is 5.60. The zero-order valence-electron chi connectivity index (χ0n) is 11.6. The lowest BCUT2D eigenvalue weighted by atomic mass is 10.1. The van der Waals surface area contributed by atoms with E-state index < -0.39 is 10.0 Å². The van der Waals surface area contributed by atoms with E-state index in [0.717, 1.165) is 32.2 Å². The Morgan fingerprint density at radius 3 is 2.62 bits per heavy atom. The first-order valence-electron chi connectivity index (χ1n) is 7.20. The summed E-state index contributed by atoms with van der Waals surface area (Å²) in [5.74, 6) is 0. The van der Waals surface area contributed by atoms with Gasteiger partial charge in [0.2, 0.25) is 10.0 Å². The highest BCUT2D eigenvalue weighted by Crippen LogP contribution is 2.32. The third-order valence-corrected chi connectivity index (χ3v) is 6.97. The Kier molecular flexibility index (Phi) is 4.48. The first kappa shape index (κ1) is 15.6. The van der Waals surface area contributed by atoms with Crippen molar-refractivity contribution < 1.29 is 8.42 Å². The van der Waals surface area contributed by atoms with E-state index in [1.54, 1.807) is 4.31 Å². The van der Waals surface area contributed by atoms with Crippen LogP contribution in [0.15, 0.2) is 23.1 Å². The molecule has 2 heterocycles. The van der Waals surface area contributed by atoms with Crippen LogP contribution >= 0.6 is 23.2 Å². The third-order valence-electron chi connectivity index (χ3n) is 4.31. The second-order valence-corrected chi connectivity index (χ2v) is 8.31. The van der Waals surface area contributed by atoms with Crippen LogP contribution in [0.2, 0.25) is 10.0 Å². The number of halogens is 2. The SMILES string of the molecule is O=S(=O)(c1ccc(Cl)c(Cl)c1)N1CCCC1C1CCCN1. The maximum Gasteiger partial charge on any atom is 0.243 e. The lowest BCUT2D eigenvalue weighted by Gasteiger charge is -2.28. The largest absolute Gasteiger partial charge is 0.312 e. The molecule has 1 N–H and O–H groups in total. The van der Waals surface area contributed by atoms with Crippen molar-refractivity contribution in [3.63, 3.8) is 0 Å². The standard InChI is InChI=1S/C14H18Cl2N2O2S/c15-11-6-5-10(9-12(11)16)21(19,20)18-8-2-4-14(18)13-3-1-7-17-13/h5-6,9,13-14,17H,1-4,7-8H2. The molecule has 1 aromatic carbocycles. The molecule has 7 heteroatoms. The number of nitrogens with zero attached hydrogens (tertiary/aromatic N) is 1. The molecule has 1 aromatic rings. The summed E-state index contributed by atoms with van der Waals surface area (Å²) >= 11 is 11.8. The van der Waals surface area contributed by atoms with E-state index >= 15 is 0 Å². The van der Waals surface area contributed by atoms with E-state index in [1.807, 2.05) is 0 Å². The van der Waals surface area contributed by atoms with Gasteiger partial charge in [0.05, 0.1) is 14.9 Å². The lowest BCUT2D eigenvalue weighted by molar-refractivity contribution is 0.322. The molecule has 2 atom stereocenters. The summed E-state index contributed by atoms with van der Waals surface area (Å²) in [6, 6.07) is 4.82. The number of hydrogen-bond donors (Lipinski definition) is 1. The smallest absolute Gasteiger partial charge is 0.243 e. The summed E-state index contributed by atoms with van der Waals surface area (Å²) in [6.45, 7) is 1.55. The van der Waals surface area contributed by atoms with Crippen LogP contribution in [0, 0.1) is 0 Å². The van der Waals surface area contributed by atoms with Crippen molar-refractivity contribution >= 4 is 33.2 Å². The maximum atomic E-state index is 12.9. The van der Waals surface area contributed by atoms with Gasteiger partial charge in [-0.15, -0.1) is 0 Å². The van der Waals surface area contributed by atoms with Gasteiger partial charge in [0, 0.05) is 18.6 Å². The third kappa shape index (κ3) is 2.94. The van der Waals surface area contributed by atoms with Crippen molar-refractivity contribution in [2.24, 2.45) is 0 Å². The molecular formula is C14H18Cl2N2O2S. The highest BCUT2D eigenvalue weighted by Gasteiger charge is 2.40. The zero-order valence-corrected chi connectivity index (χ0v) is 13.9. The van der Waals surface area contributed by atoms with Gasteiger partial charge in [0.25, 0.3) is 0 Å². The lowest BCUT2D eigenvalue weighted by Crippen LogP contribution is -2.46. The summed E-state index contributed by atoms with van der Waals surface area (Å²) < 4.78 is 27.4. The Hall–Kier alpha value is -0.330. The molecule has 0 saturated carbocycles. The van der Waals surface area contributed by atoms with E-state index in [1.165, 1.54) is 18.2 Å². The molecule has 2 aliphatic heterocycles. The highest BCUT2D eigenvalue weighted by atomic mass is 35.5. The molecule has 0 amide bonds. The molecule has 2 saturated heterocycles. The molecule has 0 aliphatic carbocycles. The first-order chi connectivity index (χ1) is 10.00. The van der Waals surface area contributed by atoms with Gasteiger partial charge in [-0.2, -0.15) is 4.31 Å². The Bertz CT molecular complexity index is 630. The average molecular weight is 349 g/mol. The van der Waals surface area contributed by atoms with E-state index in [2.05, 4.69) is 5.32 Å². The fourth-order valence-corrected chi connectivity index (χ4v) is 5.40. The number of benzene rings is 1. The van der Waals surface area contributed by atoms with Crippen LogP contribution < -0.4 is 5.32 Å². The van der Waals surface area contributed by atoms with Gasteiger partial charge in [-0.3, -0.25) is 0 Å². The summed E-state index contributed by atoms with van der Waals surface area (Å²) in [5.41, 5.74) is 0. The topological polar surface area (TPSA) is 49.4 Å². The average Bonchev–Trinajstić information content (AvgIpc) is 3.11. The summed E-state index contributed by atoms with van der Waals surface area (Å²) in [7, 11) is -3.51. The molecule has 21 heavy (non-hydrogen) atoms. The number of rotatable bonds is 3. The maximum absolute atomic E-state index is 12.9. The fourth-order valence-electron chi connectivity index (χ4n) is 3.28. The van der Waals surface area contributed by atoms with Crippen LogP contribution in [-0.4, -0.2) is 37.9 Å². The van der Waals surface area contributed by atoms with Crippen molar-refractivity contribution in [2.45, 2.75) is 42.7 Å². The number of sulfonamides is 1.